The van der Waals surface area contributed by atoms with Gasteiger partial charge in [0.15, 0.2) is 0 Å². The maximum atomic E-state index is 12.7. The molecule has 0 radical (unpaired) electrons. The molecule has 1 fully saturated rings. The van der Waals surface area contributed by atoms with Crippen LogP contribution in [0.15, 0.2) is 47.4 Å². The zero-order valence-corrected chi connectivity index (χ0v) is 16.3. The molecule has 7 heteroatoms. The van der Waals surface area contributed by atoms with Gasteiger partial charge >= 0.3 is 0 Å². The van der Waals surface area contributed by atoms with E-state index < -0.39 is 16.1 Å². The summed E-state index contributed by atoms with van der Waals surface area (Å²) in [5.41, 5.74) is 3.38. The van der Waals surface area contributed by atoms with Gasteiger partial charge in [0, 0.05) is 18.9 Å². The molecule has 0 spiro atoms. The number of hydrogen-bond donors (Lipinski definition) is 1. The minimum Gasteiger partial charge on any atom is -0.274 e. The summed E-state index contributed by atoms with van der Waals surface area (Å²) in [7, 11) is -3.74. The molecular formula is C20H22N2O4S. The monoisotopic (exact) mass is 386 g/mol. The molecule has 1 aliphatic rings. The molecule has 3 rings (SSSR count). The first-order chi connectivity index (χ1) is 12.7. The van der Waals surface area contributed by atoms with Gasteiger partial charge in [0.1, 0.15) is 0 Å². The highest BCUT2D eigenvalue weighted by atomic mass is 32.2. The molecule has 27 heavy (non-hydrogen) atoms. The van der Waals surface area contributed by atoms with Crippen LogP contribution in [0.1, 0.15) is 42.5 Å². The SMILES string of the molecule is Cc1ccc(C)c([C@H](C)NS(=O)(=O)c2ccc(N3C(=O)CCC3=O)cc2)c1. The number of sulfonamides is 1. The van der Waals surface area contributed by atoms with E-state index in [0.717, 1.165) is 21.6 Å². The van der Waals surface area contributed by atoms with E-state index in [-0.39, 0.29) is 29.6 Å². The van der Waals surface area contributed by atoms with Gasteiger partial charge < -0.3 is 0 Å². The Morgan fingerprint density at radius 2 is 1.56 bits per heavy atom. The second kappa shape index (κ2) is 7.25. The summed E-state index contributed by atoms with van der Waals surface area (Å²) in [5.74, 6) is -0.533. The van der Waals surface area contributed by atoms with Crippen molar-refractivity contribution in [3.8, 4) is 0 Å². The molecular weight excluding hydrogens is 364 g/mol. The Kier molecular flexibility index (Phi) is 5.17. The highest BCUT2D eigenvalue weighted by molar-refractivity contribution is 7.89. The molecule has 1 N–H and O–H groups in total. The van der Waals surface area contributed by atoms with E-state index in [1.165, 1.54) is 24.3 Å². The van der Waals surface area contributed by atoms with Crippen LogP contribution in [-0.2, 0) is 19.6 Å². The van der Waals surface area contributed by atoms with Gasteiger partial charge in [0.25, 0.3) is 0 Å². The first kappa shape index (κ1) is 19.3. The van der Waals surface area contributed by atoms with Gasteiger partial charge in [-0.05, 0) is 56.2 Å². The summed E-state index contributed by atoms with van der Waals surface area (Å²) < 4.78 is 28.1. The van der Waals surface area contributed by atoms with Crippen LogP contribution < -0.4 is 9.62 Å². The van der Waals surface area contributed by atoms with Crippen LogP contribution >= 0.6 is 0 Å². The largest absolute Gasteiger partial charge is 0.274 e. The molecule has 1 aliphatic heterocycles. The zero-order valence-electron chi connectivity index (χ0n) is 15.5. The van der Waals surface area contributed by atoms with Crippen LogP contribution in [0.25, 0.3) is 0 Å². The van der Waals surface area contributed by atoms with E-state index >= 15 is 0 Å². The highest BCUT2D eigenvalue weighted by Crippen LogP contribution is 2.25. The van der Waals surface area contributed by atoms with E-state index in [9.17, 15) is 18.0 Å². The van der Waals surface area contributed by atoms with Gasteiger partial charge in [-0.1, -0.05) is 23.8 Å². The van der Waals surface area contributed by atoms with Crippen LogP contribution in [0.2, 0.25) is 0 Å². The molecule has 0 aliphatic carbocycles. The van der Waals surface area contributed by atoms with Crippen molar-refractivity contribution in [3.63, 3.8) is 0 Å². The van der Waals surface area contributed by atoms with E-state index in [0.29, 0.717) is 5.69 Å². The molecule has 0 aromatic heterocycles. The lowest BCUT2D eigenvalue weighted by Crippen LogP contribution is -2.29. The maximum Gasteiger partial charge on any atom is 0.241 e. The summed E-state index contributed by atoms with van der Waals surface area (Å²) in [5, 5.41) is 0. The van der Waals surface area contributed by atoms with Crippen molar-refractivity contribution in [1.82, 2.24) is 4.72 Å². The molecule has 0 bridgehead atoms. The lowest BCUT2D eigenvalue weighted by atomic mass is 10.0. The Morgan fingerprint density at radius 3 is 2.15 bits per heavy atom. The number of amides is 2. The Hall–Kier alpha value is -2.51. The van der Waals surface area contributed by atoms with Crippen molar-refractivity contribution in [3.05, 3.63) is 59.2 Å². The van der Waals surface area contributed by atoms with Gasteiger partial charge in [0.05, 0.1) is 10.6 Å². The van der Waals surface area contributed by atoms with E-state index in [1.807, 2.05) is 32.0 Å². The quantitative estimate of drug-likeness (QED) is 0.801. The molecule has 0 saturated carbocycles. The first-order valence-electron chi connectivity index (χ1n) is 8.74. The fourth-order valence-corrected chi connectivity index (χ4v) is 4.45. The number of imide groups is 1. The van der Waals surface area contributed by atoms with Crippen LogP contribution in [0.4, 0.5) is 5.69 Å². The van der Waals surface area contributed by atoms with Crippen LogP contribution in [-0.4, -0.2) is 20.2 Å². The van der Waals surface area contributed by atoms with Gasteiger partial charge in [-0.2, -0.15) is 0 Å². The molecule has 2 aromatic carbocycles. The minimum atomic E-state index is -3.74. The summed E-state index contributed by atoms with van der Waals surface area (Å²) >= 11 is 0. The lowest BCUT2D eigenvalue weighted by molar-refractivity contribution is -0.121. The molecule has 1 atom stereocenters. The third-order valence-electron chi connectivity index (χ3n) is 4.69. The number of anilines is 1. The normalized spacial score (nSPS) is 16.0. The van der Waals surface area contributed by atoms with Crippen molar-refractivity contribution in [1.29, 1.82) is 0 Å². The molecule has 0 unspecified atom stereocenters. The zero-order chi connectivity index (χ0) is 19.8. The Bertz CT molecular complexity index is 981. The third-order valence-corrected chi connectivity index (χ3v) is 6.25. The van der Waals surface area contributed by atoms with E-state index in [2.05, 4.69) is 4.72 Å². The molecule has 142 valence electrons. The molecule has 1 saturated heterocycles. The standard InChI is InChI=1S/C20H22N2O4S/c1-13-4-5-14(2)18(12-13)15(3)21-27(25,26)17-8-6-16(7-9-17)22-19(23)10-11-20(22)24/h4-9,12,15,21H,10-11H2,1-3H3/t15-/m0/s1. The smallest absolute Gasteiger partial charge is 0.241 e. The predicted octanol–water partition coefficient (Wildman–Crippen LogP) is 3.00. The summed E-state index contributed by atoms with van der Waals surface area (Å²) in [6.45, 7) is 5.71. The summed E-state index contributed by atoms with van der Waals surface area (Å²) in [4.78, 5) is 24.8. The first-order valence-corrected chi connectivity index (χ1v) is 10.2. The summed E-state index contributed by atoms with van der Waals surface area (Å²) in [6.07, 6.45) is 0.377. The third kappa shape index (κ3) is 3.94. The number of nitrogens with one attached hydrogen (secondary N) is 1. The number of nitrogens with zero attached hydrogens (tertiary/aromatic N) is 1. The summed E-state index contributed by atoms with van der Waals surface area (Å²) in [6, 6.07) is 11.3. The van der Waals surface area contributed by atoms with Crippen molar-refractivity contribution in [2.24, 2.45) is 0 Å². The van der Waals surface area contributed by atoms with Gasteiger partial charge in [0.2, 0.25) is 21.8 Å². The number of carbonyl (C=O) groups is 2. The van der Waals surface area contributed by atoms with Crippen molar-refractivity contribution < 1.29 is 18.0 Å². The van der Waals surface area contributed by atoms with Gasteiger partial charge in [-0.3, -0.25) is 14.5 Å². The predicted molar refractivity (Wildman–Crippen MR) is 103 cm³/mol. The number of rotatable bonds is 5. The Balaban J connectivity index is 1.81. The lowest BCUT2D eigenvalue weighted by Gasteiger charge is -2.18. The fraction of sp³-hybridized carbons (Fsp3) is 0.300. The van der Waals surface area contributed by atoms with Crippen molar-refractivity contribution in [2.75, 3.05) is 4.90 Å². The van der Waals surface area contributed by atoms with Crippen LogP contribution in [0, 0.1) is 13.8 Å². The van der Waals surface area contributed by atoms with Crippen LogP contribution in [0.3, 0.4) is 0 Å². The number of aryl methyl sites for hydroxylation is 2. The minimum absolute atomic E-state index is 0.0856. The number of hydrogen-bond acceptors (Lipinski definition) is 4. The number of benzene rings is 2. The fourth-order valence-electron chi connectivity index (χ4n) is 3.23. The molecule has 2 amide bonds. The second-order valence-electron chi connectivity index (χ2n) is 6.82. The topological polar surface area (TPSA) is 83.6 Å². The average Bonchev–Trinajstić information content (AvgIpc) is 2.95. The molecule has 2 aromatic rings. The second-order valence-corrected chi connectivity index (χ2v) is 8.53. The van der Waals surface area contributed by atoms with Crippen molar-refractivity contribution in [2.45, 2.75) is 44.6 Å². The van der Waals surface area contributed by atoms with E-state index in [1.54, 1.807) is 6.92 Å². The van der Waals surface area contributed by atoms with Crippen LogP contribution in [0.5, 0.6) is 0 Å². The Morgan fingerprint density at radius 1 is 0.963 bits per heavy atom. The van der Waals surface area contributed by atoms with E-state index in [4.69, 9.17) is 0 Å². The van der Waals surface area contributed by atoms with Gasteiger partial charge in [-0.25, -0.2) is 13.1 Å². The highest BCUT2D eigenvalue weighted by Gasteiger charge is 2.30. The molecule has 6 nitrogen and oxygen atoms in total. The average molecular weight is 386 g/mol. The Labute approximate surface area is 159 Å². The van der Waals surface area contributed by atoms with Gasteiger partial charge in [-0.15, -0.1) is 0 Å². The van der Waals surface area contributed by atoms with Crippen molar-refractivity contribution >= 4 is 27.5 Å². The molecule has 1 heterocycles. The number of carbonyl (C=O) groups excluding carboxylic acids is 2. The maximum absolute atomic E-state index is 12.7.